The van der Waals surface area contributed by atoms with Gasteiger partial charge in [0.1, 0.15) is 11.0 Å². The average molecular weight is 421 g/mol. The predicted octanol–water partition coefficient (Wildman–Crippen LogP) is 3.31. The Bertz CT molecular complexity index is 820. The molecule has 1 aromatic carbocycles. The normalized spacial score (nSPS) is 19.9. The molecule has 1 aliphatic heterocycles. The number of halogens is 1. The molecular weight excluding hydrogens is 404 g/mol. The molecule has 1 saturated heterocycles. The fourth-order valence-electron chi connectivity index (χ4n) is 3.07. The number of nitrogens with zero attached hydrogens (tertiary/aromatic N) is 3. The van der Waals surface area contributed by atoms with Crippen molar-refractivity contribution in [1.29, 1.82) is 0 Å². The van der Waals surface area contributed by atoms with Crippen molar-refractivity contribution in [3.8, 4) is 10.6 Å². The van der Waals surface area contributed by atoms with Crippen LogP contribution in [0.3, 0.4) is 0 Å². The fraction of sp³-hybridized carbons (Fsp3) is 0.412. The highest BCUT2D eigenvalue weighted by molar-refractivity contribution is 9.10. The minimum Gasteiger partial charge on any atom is -0.330 e. The van der Waals surface area contributed by atoms with E-state index in [4.69, 9.17) is 0 Å². The number of anilines is 1. The lowest BCUT2D eigenvalue weighted by molar-refractivity contribution is -0.137. The summed E-state index contributed by atoms with van der Waals surface area (Å²) in [7, 11) is 0. The third kappa shape index (κ3) is 3.59. The quantitative estimate of drug-likeness (QED) is 0.822. The van der Waals surface area contributed by atoms with Crippen LogP contribution in [0.25, 0.3) is 10.6 Å². The van der Waals surface area contributed by atoms with Gasteiger partial charge in [0.2, 0.25) is 16.9 Å². The summed E-state index contributed by atoms with van der Waals surface area (Å²) in [5, 5.41) is 12.3. The van der Waals surface area contributed by atoms with E-state index in [1.165, 1.54) is 11.3 Å². The maximum absolute atomic E-state index is 12.6. The Hall–Kier alpha value is -1.80. The number of likely N-dealkylation sites (tertiary alicyclic amines) is 1. The zero-order chi connectivity index (χ0) is 17.4. The number of carbonyl (C=O) groups excluding carboxylic acids is 2. The number of rotatable bonds is 4. The number of carbonyl (C=O) groups is 2. The molecule has 0 bridgehead atoms. The van der Waals surface area contributed by atoms with Crippen molar-refractivity contribution in [2.75, 3.05) is 11.9 Å². The van der Waals surface area contributed by atoms with Gasteiger partial charge in [0.15, 0.2) is 0 Å². The predicted molar refractivity (Wildman–Crippen MR) is 99.1 cm³/mol. The van der Waals surface area contributed by atoms with Crippen molar-refractivity contribution in [1.82, 2.24) is 15.1 Å². The molecule has 1 saturated carbocycles. The topological polar surface area (TPSA) is 75.2 Å². The molecule has 2 aliphatic rings. The number of benzene rings is 1. The molecule has 2 amide bonds. The lowest BCUT2D eigenvalue weighted by Crippen LogP contribution is -2.43. The average Bonchev–Trinajstić information content (AvgIpc) is 3.15. The zero-order valence-electron chi connectivity index (χ0n) is 13.4. The summed E-state index contributed by atoms with van der Waals surface area (Å²) in [5.41, 5.74) is 0.943. The second-order valence-corrected chi connectivity index (χ2v) is 8.27. The van der Waals surface area contributed by atoms with Gasteiger partial charge in [-0.3, -0.25) is 14.9 Å². The Morgan fingerprint density at radius 1 is 1.24 bits per heavy atom. The highest BCUT2D eigenvalue weighted by Crippen LogP contribution is 2.34. The van der Waals surface area contributed by atoms with Crippen LogP contribution in [0.4, 0.5) is 5.13 Å². The van der Waals surface area contributed by atoms with Crippen molar-refractivity contribution in [2.24, 2.45) is 5.92 Å². The summed E-state index contributed by atoms with van der Waals surface area (Å²) in [4.78, 5) is 26.7. The molecule has 6 nitrogen and oxygen atoms in total. The number of hydrogen-bond donors (Lipinski definition) is 1. The van der Waals surface area contributed by atoms with Crippen molar-refractivity contribution in [3.63, 3.8) is 0 Å². The highest BCUT2D eigenvalue weighted by Gasteiger charge is 2.41. The molecule has 1 N–H and O–H groups in total. The Balaban J connectivity index is 1.45. The van der Waals surface area contributed by atoms with Crippen LogP contribution in [0.2, 0.25) is 0 Å². The molecule has 8 heteroatoms. The first-order valence-electron chi connectivity index (χ1n) is 8.32. The van der Waals surface area contributed by atoms with E-state index >= 15 is 0 Å². The van der Waals surface area contributed by atoms with E-state index in [1.807, 2.05) is 24.3 Å². The lowest BCUT2D eigenvalue weighted by Gasteiger charge is -2.23. The number of nitrogens with one attached hydrogen (secondary N) is 1. The highest BCUT2D eigenvalue weighted by atomic mass is 79.9. The van der Waals surface area contributed by atoms with Crippen LogP contribution in [-0.2, 0) is 9.59 Å². The van der Waals surface area contributed by atoms with Gasteiger partial charge in [-0.2, -0.15) is 0 Å². The first-order valence-corrected chi connectivity index (χ1v) is 9.93. The zero-order valence-corrected chi connectivity index (χ0v) is 15.8. The van der Waals surface area contributed by atoms with Crippen LogP contribution in [0.5, 0.6) is 0 Å². The second kappa shape index (κ2) is 6.84. The molecule has 4 rings (SSSR count). The smallest absolute Gasteiger partial charge is 0.249 e. The van der Waals surface area contributed by atoms with Gasteiger partial charge in [0, 0.05) is 22.5 Å². The van der Waals surface area contributed by atoms with E-state index in [0.29, 0.717) is 18.1 Å². The molecule has 0 radical (unpaired) electrons. The molecule has 2 fully saturated rings. The number of hydrogen-bond acceptors (Lipinski definition) is 5. The van der Waals surface area contributed by atoms with Gasteiger partial charge in [0.05, 0.1) is 0 Å². The van der Waals surface area contributed by atoms with E-state index in [-0.39, 0.29) is 23.8 Å². The third-order valence-electron chi connectivity index (χ3n) is 4.49. The number of aromatic nitrogens is 2. The second-order valence-electron chi connectivity index (χ2n) is 6.38. The Kier molecular flexibility index (Phi) is 4.56. The van der Waals surface area contributed by atoms with E-state index < -0.39 is 0 Å². The van der Waals surface area contributed by atoms with Crippen molar-refractivity contribution in [3.05, 3.63) is 28.7 Å². The third-order valence-corrected chi connectivity index (χ3v) is 5.87. The van der Waals surface area contributed by atoms with Gasteiger partial charge in [-0.15, -0.1) is 10.2 Å². The van der Waals surface area contributed by atoms with E-state index in [9.17, 15) is 9.59 Å². The molecule has 2 heterocycles. The van der Waals surface area contributed by atoms with E-state index in [2.05, 4.69) is 31.4 Å². The lowest BCUT2D eigenvalue weighted by atomic mass is 10.2. The van der Waals surface area contributed by atoms with Gasteiger partial charge in [-0.1, -0.05) is 39.4 Å². The molecule has 1 aromatic heterocycles. The molecule has 1 aliphatic carbocycles. The van der Waals surface area contributed by atoms with Crippen molar-refractivity contribution in [2.45, 2.75) is 31.7 Å². The van der Waals surface area contributed by atoms with E-state index in [1.54, 1.807) is 4.90 Å². The summed E-state index contributed by atoms with van der Waals surface area (Å²) in [6, 6.07) is 7.40. The molecule has 1 unspecified atom stereocenters. The first kappa shape index (κ1) is 16.7. The Morgan fingerprint density at radius 3 is 2.84 bits per heavy atom. The van der Waals surface area contributed by atoms with Crippen LogP contribution in [0.1, 0.15) is 25.7 Å². The summed E-state index contributed by atoms with van der Waals surface area (Å²) in [6.45, 7) is 0.673. The summed E-state index contributed by atoms with van der Waals surface area (Å²) in [6.07, 6.45) is 3.49. The summed E-state index contributed by atoms with van der Waals surface area (Å²) in [5.74, 6) is 0.103. The van der Waals surface area contributed by atoms with E-state index in [0.717, 1.165) is 34.3 Å². The molecule has 0 spiro atoms. The van der Waals surface area contributed by atoms with Gasteiger partial charge in [-0.05, 0) is 37.8 Å². The SMILES string of the molecule is O=C(Nc1nnc(-c2cccc(Br)c2)s1)C1CCCN1C(=O)C1CC1. The largest absolute Gasteiger partial charge is 0.330 e. The maximum Gasteiger partial charge on any atom is 0.249 e. The monoisotopic (exact) mass is 420 g/mol. The van der Waals surface area contributed by atoms with Gasteiger partial charge in [-0.25, -0.2) is 0 Å². The number of amides is 2. The Labute approximate surface area is 157 Å². The minimum atomic E-state index is -0.383. The van der Waals surface area contributed by atoms with Crippen LogP contribution >= 0.6 is 27.3 Å². The molecule has 1 atom stereocenters. The maximum atomic E-state index is 12.6. The van der Waals surface area contributed by atoms with Gasteiger partial charge >= 0.3 is 0 Å². The molecular formula is C17H17BrN4O2S. The van der Waals surface area contributed by atoms with Crippen LogP contribution in [0.15, 0.2) is 28.7 Å². The van der Waals surface area contributed by atoms with Crippen LogP contribution in [-0.4, -0.2) is 39.5 Å². The fourth-order valence-corrected chi connectivity index (χ4v) is 4.21. The van der Waals surface area contributed by atoms with Crippen molar-refractivity contribution < 1.29 is 9.59 Å². The van der Waals surface area contributed by atoms with Crippen LogP contribution < -0.4 is 5.32 Å². The first-order chi connectivity index (χ1) is 12.1. The standard InChI is InChI=1S/C17H17BrN4O2S/c18-12-4-1-3-11(9-12)15-20-21-17(25-15)19-14(23)13-5-2-8-22(13)16(24)10-6-7-10/h1,3-4,9-10,13H,2,5-8H2,(H,19,21,23). The molecule has 130 valence electrons. The summed E-state index contributed by atoms with van der Waals surface area (Å²) < 4.78 is 0.964. The van der Waals surface area contributed by atoms with Gasteiger partial charge in [0.25, 0.3) is 0 Å². The molecule has 25 heavy (non-hydrogen) atoms. The molecule has 2 aromatic rings. The van der Waals surface area contributed by atoms with Gasteiger partial charge < -0.3 is 4.90 Å². The van der Waals surface area contributed by atoms with Crippen LogP contribution in [0, 0.1) is 5.92 Å². The van der Waals surface area contributed by atoms with Crippen molar-refractivity contribution >= 4 is 44.2 Å². The Morgan fingerprint density at radius 2 is 2.08 bits per heavy atom. The summed E-state index contributed by atoms with van der Waals surface area (Å²) >= 11 is 4.77. The minimum absolute atomic E-state index is 0.129.